The van der Waals surface area contributed by atoms with Crippen molar-refractivity contribution in [1.29, 1.82) is 0 Å². The molecule has 0 radical (unpaired) electrons. The second kappa shape index (κ2) is 5.57. The van der Waals surface area contributed by atoms with Crippen molar-refractivity contribution < 1.29 is 20.1 Å². The molecule has 26 heavy (non-hydrogen) atoms. The molecule has 5 rings (SSSR count). The van der Waals surface area contributed by atoms with E-state index in [1.54, 1.807) is 0 Å². The average Bonchev–Trinajstić information content (AvgIpc) is 3.35. The number of carboxylic acids is 1. The molecular formula is C22H32O4. The van der Waals surface area contributed by atoms with Gasteiger partial charge in [-0.25, -0.2) is 4.79 Å². The van der Waals surface area contributed by atoms with Gasteiger partial charge in [0.05, 0.1) is 0 Å². The van der Waals surface area contributed by atoms with E-state index in [0.29, 0.717) is 17.8 Å². The second-order valence-corrected chi connectivity index (χ2v) is 10.0. The molecule has 5 fully saturated rings. The van der Waals surface area contributed by atoms with Gasteiger partial charge in [0.2, 0.25) is 0 Å². The van der Waals surface area contributed by atoms with Crippen LogP contribution >= 0.6 is 0 Å². The summed E-state index contributed by atoms with van der Waals surface area (Å²) in [6, 6.07) is 0. The van der Waals surface area contributed by atoms with Gasteiger partial charge in [-0.2, -0.15) is 0 Å². The third-order valence-electron chi connectivity index (χ3n) is 9.94. The number of aliphatic hydroxyl groups excluding tert-OH is 2. The summed E-state index contributed by atoms with van der Waals surface area (Å²) < 4.78 is 0. The smallest absolute Gasteiger partial charge is 0.327 e. The molecule has 5 saturated carbocycles. The molecule has 0 aromatic heterocycles. The van der Waals surface area contributed by atoms with E-state index in [0.717, 1.165) is 37.5 Å². The van der Waals surface area contributed by atoms with Crippen LogP contribution in [0.15, 0.2) is 12.2 Å². The van der Waals surface area contributed by atoms with Gasteiger partial charge in [-0.1, -0.05) is 12.5 Å². The van der Waals surface area contributed by atoms with Crippen LogP contribution in [-0.4, -0.2) is 34.5 Å². The molecule has 0 aliphatic heterocycles. The molecule has 0 spiro atoms. The van der Waals surface area contributed by atoms with E-state index in [1.807, 2.05) is 0 Å². The number of allylic oxidation sites excluding steroid dienone is 1. The Morgan fingerprint density at radius 1 is 1.04 bits per heavy atom. The van der Waals surface area contributed by atoms with Crippen LogP contribution in [0, 0.1) is 45.8 Å². The lowest BCUT2D eigenvalue weighted by Gasteiger charge is -2.61. The second-order valence-electron chi connectivity index (χ2n) is 10.0. The van der Waals surface area contributed by atoms with E-state index < -0.39 is 5.97 Å². The number of hydrogen-bond donors (Lipinski definition) is 3. The van der Waals surface area contributed by atoms with Crippen LogP contribution in [0.25, 0.3) is 0 Å². The first-order chi connectivity index (χ1) is 12.6. The summed E-state index contributed by atoms with van der Waals surface area (Å²) in [5, 5.41) is 29.5. The van der Waals surface area contributed by atoms with Gasteiger partial charge in [0.1, 0.15) is 0 Å². The minimum atomic E-state index is -0.848. The maximum absolute atomic E-state index is 11.5. The van der Waals surface area contributed by atoms with Crippen LogP contribution in [0.5, 0.6) is 0 Å². The molecule has 4 bridgehead atoms. The highest BCUT2D eigenvalue weighted by Gasteiger charge is 2.82. The molecule has 8 atom stereocenters. The van der Waals surface area contributed by atoms with Gasteiger partial charge in [-0.05, 0) is 97.2 Å². The fourth-order valence-electron chi connectivity index (χ4n) is 9.96. The number of aliphatic hydroxyl groups is 2. The van der Waals surface area contributed by atoms with E-state index in [2.05, 4.69) is 6.08 Å². The molecule has 0 heterocycles. The Morgan fingerprint density at radius 2 is 1.85 bits per heavy atom. The van der Waals surface area contributed by atoms with E-state index in [9.17, 15) is 20.1 Å². The zero-order chi connectivity index (χ0) is 18.2. The summed E-state index contributed by atoms with van der Waals surface area (Å²) >= 11 is 0. The largest absolute Gasteiger partial charge is 0.478 e. The Kier molecular flexibility index (Phi) is 3.70. The number of carboxylic acid groups (broad SMARTS) is 1. The normalized spacial score (nSPS) is 53.5. The zero-order valence-electron chi connectivity index (χ0n) is 15.6. The number of fused-ring (bicyclic) bond motifs is 12. The molecule has 0 aromatic rings. The van der Waals surface area contributed by atoms with Crippen molar-refractivity contribution in [3.8, 4) is 0 Å². The number of rotatable bonds is 6. The quantitative estimate of drug-likeness (QED) is 0.502. The monoisotopic (exact) mass is 360 g/mol. The van der Waals surface area contributed by atoms with Crippen LogP contribution in [0.4, 0.5) is 0 Å². The number of aliphatic carboxylic acids is 1. The Labute approximate surface area is 155 Å². The standard InChI is InChI=1S/C22H32O4/c23-10-8-20-6-4-14(12-20)19-16-13-21(7-5-18(25)26,22(19,20)9-11-24)17-3-1-2-15(16)17/h5,7,14-17,19,23-24H,1-4,6,8-13H2,(H,25,26). The van der Waals surface area contributed by atoms with Crippen molar-refractivity contribution in [2.75, 3.05) is 13.2 Å². The lowest BCUT2D eigenvalue weighted by atomic mass is 9.42. The minimum Gasteiger partial charge on any atom is -0.478 e. The number of carbonyl (C=O) groups is 1. The molecule has 8 unspecified atom stereocenters. The van der Waals surface area contributed by atoms with Gasteiger partial charge in [-0.3, -0.25) is 0 Å². The van der Waals surface area contributed by atoms with Gasteiger partial charge in [0.25, 0.3) is 0 Å². The Balaban J connectivity index is 1.71. The Bertz CT molecular complexity index is 644. The van der Waals surface area contributed by atoms with Crippen molar-refractivity contribution in [3.05, 3.63) is 12.2 Å². The Hall–Kier alpha value is -0.870. The van der Waals surface area contributed by atoms with Gasteiger partial charge < -0.3 is 15.3 Å². The van der Waals surface area contributed by atoms with E-state index >= 15 is 0 Å². The van der Waals surface area contributed by atoms with Crippen LogP contribution in [0.3, 0.4) is 0 Å². The minimum absolute atomic E-state index is 0.00250. The first-order valence-corrected chi connectivity index (χ1v) is 10.7. The molecular weight excluding hydrogens is 328 g/mol. The van der Waals surface area contributed by atoms with Crippen LogP contribution in [0.1, 0.15) is 57.8 Å². The molecule has 144 valence electrons. The zero-order valence-corrected chi connectivity index (χ0v) is 15.6. The van der Waals surface area contributed by atoms with E-state index in [-0.39, 0.29) is 29.5 Å². The predicted molar refractivity (Wildman–Crippen MR) is 97.2 cm³/mol. The number of hydrogen-bond acceptors (Lipinski definition) is 3. The van der Waals surface area contributed by atoms with E-state index in [1.165, 1.54) is 38.2 Å². The maximum atomic E-state index is 11.5. The molecule has 0 aromatic carbocycles. The highest BCUT2D eigenvalue weighted by atomic mass is 16.4. The van der Waals surface area contributed by atoms with Gasteiger partial charge in [-0.15, -0.1) is 0 Å². The fourth-order valence-corrected chi connectivity index (χ4v) is 9.96. The molecule has 5 aliphatic carbocycles. The SMILES string of the molecule is O=C(O)C=CC12CC(C3CCCC31)C1C3CCC(CCO)(C3)C12CCO. The summed E-state index contributed by atoms with van der Waals surface area (Å²) in [5.41, 5.74) is 0.0302. The summed E-state index contributed by atoms with van der Waals surface area (Å²) in [4.78, 5) is 11.5. The summed E-state index contributed by atoms with van der Waals surface area (Å²) in [6.07, 6.45) is 13.7. The summed E-state index contributed by atoms with van der Waals surface area (Å²) in [6.45, 7) is 0.396. The first kappa shape index (κ1) is 17.2. The highest BCUT2D eigenvalue weighted by molar-refractivity contribution is 5.80. The molecule has 4 heteroatoms. The predicted octanol–water partition coefficient (Wildman–Crippen LogP) is 3.23. The summed E-state index contributed by atoms with van der Waals surface area (Å²) in [5.74, 6) is 2.56. The van der Waals surface area contributed by atoms with Gasteiger partial charge >= 0.3 is 5.97 Å². The molecule has 0 amide bonds. The topological polar surface area (TPSA) is 77.8 Å². The fraction of sp³-hybridized carbons (Fsp3) is 0.864. The molecule has 5 aliphatic rings. The van der Waals surface area contributed by atoms with Crippen LogP contribution < -0.4 is 0 Å². The van der Waals surface area contributed by atoms with Gasteiger partial charge in [0.15, 0.2) is 0 Å². The first-order valence-electron chi connectivity index (χ1n) is 10.7. The van der Waals surface area contributed by atoms with Crippen molar-refractivity contribution in [2.45, 2.75) is 57.8 Å². The third-order valence-corrected chi connectivity index (χ3v) is 9.94. The van der Waals surface area contributed by atoms with Crippen molar-refractivity contribution in [1.82, 2.24) is 0 Å². The Morgan fingerprint density at radius 3 is 2.58 bits per heavy atom. The van der Waals surface area contributed by atoms with Crippen molar-refractivity contribution >= 4 is 5.97 Å². The lowest BCUT2D eigenvalue weighted by Crippen LogP contribution is -2.57. The molecule has 0 saturated heterocycles. The van der Waals surface area contributed by atoms with Crippen molar-refractivity contribution in [2.24, 2.45) is 45.8 Å². The maximum Gasteiger partial charge on any atom is 0.327 e. The van der Waals surface area contributed by atoms with Gasteiger partial charge in [0, 0.05) is 19.3 Å². The highest BCUT2D eigenvalue weighted by Crippen LogP contribution is 2.88. The average molecular weight is 360 g/mol. The third kappa shape index (κ3) is 1.72. The summed E-state index contributed by atoms with van der Waals surface area (Å²) in [7, 11) is 0. The van der Waals surface area contributed by atoms with Crippen LogP contribution in [-0.2, 0) is 4.79 Å². The van der Waals surface area contributed by atoms with E-state index in [4.69, 9.17) is 0 Å². The lowest BCUT2D eigenvalue weighted by molar-refractivity contribution is -0.137. The molecule has 3 N–H and O–H groups in total. The van der Waals surface area contributed by atoms with Crippen molar-refractivity contribution in [3.63, 3.8) is 0 Å². The molecule has 4 nitrogen and oxygen atoms in total. The van der Waals surface area contributed by atoms with Crippen LogP contribution in [0.2, 0.25) is 0 Å².